The minimum absolute atomic E-state index is 0.00310. The van der Waals surface area contributed by atoms with Crippen molar-refractivity contribution in [2.45, 2.75) is 31.7 Å². The molecule has 2 fully saturated rings. The number of ether oxygens (including phenoxy) is 1. The van der Waals surface area contributed by atoms with Gasteiger partial charge in [0, 0.05) is 42.6 Å². The molecule has 8 nitrogen and oxygen atoms in total. The van der Waals surface area contributed by atoms with Gasteiger partial charge in [-0.25, -0.2) is 14.8 Å². The average molecular weight is 472 g/mol. The van der Waals surface area contributed by atoms with Gasteiger partial charge in [0.1, 0.15) is 12.1 Å². The van der Waals surface area contributed by atoms with Crippen molar-refractivity contribution in [1.29, 1.82) is 0 Å². The van der Waals surface area contributed by atoms with Crippen LogP contribution < -0.4 is 10.2 Å². The molecular weight excluding hydrogens is 449 g/mol. The van der Waals surface area contributed by atoms with Gasteiger partial charge < -0.3 is 20.1 Å². The Morgan fingerprint density at radius 1 is 1.31 bits per heavy atom. The number of carbonyl (C=O) groups is 2. The van der Waals surface area contributed by atoms with Gasteiger partial charge in [0.15, 0.2) is 0 Å². The predicted molar refractivity (Wildman–Crippen MR) is 110 cm³/mol. The van der Waals surface area contributed by atoms with Crippen LogP contribution in [0, 0.1) is 11.8 Å². The van der Waals surface area contributed by atoms with Crippen molar-refractivity contribution in [2.75, 3.05) is 24.6 Å². The van der Waals surface area contributed by atoms with Crippen molar-refractivity contribution in [2.24, 2.45) is 11.8 Å². The second-order valence-electron chi connectivity index (χ2n) is 7.37. The van der Waals surface area contributed by atoms with E-state index in [1.165, 1.54) is 4.88 Å². The van der Waals surface area contributed by atoms with Gasteiger partial charge in [-0.1, -0.05) is 6.07 Å². The number of fused-ring (bicyclic) bond motifs is 1. The highest BCUT2D eigenvalue weighted by Crippen LogP contribution is 2.34. The van der Waals surface area contributed by atoms with Gasteiger partial charge in [-0.2, -0.15) is 13.2 Å². The third kappa shape index (κ3) is 6.39. The zero-order valence-corrected chi connectivity index (χ0v) is 17.8. The summed E-state index contributed by atoms with van der Waals surface area (Å²) in [5.74, 6) is -1.47. The Labute approximate surface area is 186 Å². The first kappa shape index (κ1) is 23.9. The first-order valence-electron chi connectivity index (χ1n) is 9.98. The number of piperidine rings is 1. The number of aromatic nitrogens is 2. The summed E-state index contributed by atoms with van der Waals surface area (Å²) < 4.78 is 37.7. The van der Waals surface area contributed by atoms with Crippen LogP contribution in [0.5, 0.6) is 0 Å². The molecule has 4 heterocycles. The molecule has 0 saturated carbocycles. The van der Waals surface area contributed by atoms with Gasteiger partial charge in [0.25, 0.3) is 0 Å². The highest BCUT2D eigenvalue weighted by molar-refractivity contribution is 7.09. The molecule has 2 aromatic rings. The van der Waals surface area contributed by atoms with E-state index in [-0.39, 0.29) is 23.8 Å². The van der Waals surface area contributed by atoms with Crippen LogP contribution in [0.2, 0.25) is 0 Å². The predicted octanol–water partition coefficient (Wildman–Crippen LogP) is 2.72. The highest BCUT2D eigenvalue weighted by atomic mass is 32.1. The number of hydrogen-bond donors (Lipinski definition) is 2. The summed E-state index contributed by atoms with van der Waals surface area (Å²) in [7, 11) is 0. The number of anilines is 1. The lowest BCUT2D eigenvalue weighted by atomic mass is 9.79. The SMILES string of the molecule is O=C(NCc1cccs1)[C@@H]1CCO[C@@H]2CCN(c3ccncn3)C[C@H]21.O=C(O)C(F)(F)F. The maximum Gasteiger partial charge on any atom is 0.490 e. The molecule has 2 saturated heterocycles. The van der Waals surface area contributed by atoms with Gasteiger partial charge >= 0.3 is 12.1 Å². The number of nitrogens with one attached hydrogen (secondary N) is 1. The summed E-state index contributed by atoms with van der Waals surface area (Å²) in [5.41, 5.74) is 0. The van der Waals surface area contributed by atoms with Crippen LogP contribution in [0.25, 0.3) is 0 Å². The summed E-state index contributed by atoms with van der Waals surface area (Å²) >= 11 is 1.67. The summed E-state index contributed by atoms with van der Waals surface area (Å²) in [6, 6.07) is 5.99. The molecule has 12 heteroatoms. The largest absolute Gasteiger partial charge is 0.490 e. The number of halogens is 3. The minimum atomic E-state index is -5.08. The van der Waals surface area contributed by atoms with Crippen molar-refractivity contribution in [3.63, 3.8) is 0 Å². The molecule has 2 aliphatic rings. The average Bonchev–Trinajstić information content (AvgIpc) is 3.31. The third-order valence-electron chi connectivity index (χ3n) is 5.36. The van der Waals surface area contributed by atoms with Gasteiger partial charge in [-0.3, -0.25) is 4.79 Å². The Morgan fingerprint density at radius 3 is 2.72 bits per heavy atom. The maximum atomic E-state index is 12.8. The lowest BCUT2D eigenvalue weighted by molar-refractivity contribution is -0.192. The van der Waals surface area contributed by atoms with E-state index in [0.717, 1.165) is 31.7 Å². The molecule has 0 bridgehead atoms. The van der Waals surface area contributed by atoms with E-state index in [1.807, 2.05) is 17.5 Å². The van der Waals surface area contributed by atoms with Crippen molar-refractivity contribution < 1.29 is 32.6 Å². The number of carbonyl (C=O) groups excluding carboxylic acids is 1. The molecule has 1 amide bonds. The number of alkyl halides is 3. The topological polar surface area (TPSA) is 105 Å². The molecule has 2 N–H and O–H groups in total. The number of rotatable bonds is 4. The van der Waals surface area contributed by atoms with Gasteiger partial charge in [-0.15, -0.1) is 11.3 Å². The Bertz CT molecular complexity index is 883. The molecule has 32 heavy (non-hydrogen) atoms. The minimum Gasteiger partial charge on any atom is -0.475 e. The molecule has 2 aromatic heterocycles. The number of carboxylic acids is 1. The third-order valence-corrected chi connectivity index (χ3v) is 6.23. The lowest BCUT2D eigenvalue weighted by Gasteiger charge is -2.44. The Kier molecular flexibility index (Phi) is 8.02. The Balaban J connectivity index is 0.000000360. The van der Waals surface area contributed by atoms with Crippen molar-refractivity contribution in [3.8, 4) is 0 Å². The molecule has 174 valence electrons. The number of nitrogens with zero attached hydrogens (tertiary/aromatic N) is 3. The van der Waals surface area contributed by atoms with E-state index in [0.29, 0.717) is 13.2 Å². The zero-order chi connectivity index (χ0) is 23.1. The Morgan fingerprint density at radius 2 is 2.09 bits per heavy atom. The standard InChI is InChI=1S/C18H22N4O2S.C2HF3O2/c23-18(20-10-13-2-1-9-25-13)14-5-8-24-16-4-7-22(11-15(14)16)17-3-6-19-12-21-17;3-2(4,5)1(6)7/h1-3,6,9,12,14-16H,4-5,7-8,10-11H2,(H,20,23);(H,6,7)/t14-,15+,16-;/m1./s1. The number of hydrogen-bond acceptors (Lipinski definition) is 7. The van der Waals surface area contributed by atoms with E-state index in [2.05, 4.69) is 26.3 Å². The maximum absolute atomic E-state index is 12.8. The molecule has 0 spiro atoms. The second-order valence-corrected chi connectivity index (χ2v) is 8.40. The van der Waals surface area contributed by atoms with Gasteiger partial charge in [0.2, 0.25) is 5.91 Å². The van der Waals surface area contributed by atoms with Crippen LogP contribution in [0.15, 0.2) is 36.1 Å². The molecule has 0 aromatic carbocycles. The van der Waals surface area contributed by atoms with E-state index in [4.69, 9.17) is 14.6 Å². The molecule has 0 aliphatic carbocycles. The fraction of sp³-hybridized carbons (Fsp3) is 0.500. The zero-order valence-electron chi connectivity index (χ0n) is 17.0. The van der Waals surface area contributed by atoms with Gasteiger partial charge in [0.05, 0.1) is 12.6 Å². The normalized spacial score (nSPS) is 22.8. The number of carboxylic acid groups (broad SMARTS) is 1. The molecule has 3 atom stereocenters. The second kappa shape index (κ2) is 10.7. The Hall–Kier alpha value is -2.73. The molecule has 4 rings (SSSR count). The summed E-state index contributed by atoms with van der Waals surface area (Å²) in [4.78, 5) is 33.5. The molecule has 0 unspecified atom stereocenters. The smallest absolute Gasteiger partial charge is 0.475 e. The summed E-state index contributed by atoms with van der Waals surface area (Å²) in [6.07, 6.45) is 0.142. The van der Waals surface area contributed by atoms with Crippen LogP contribution in [0.1, 0.15) is 17.7 Å². The monoisotopic (exact) mass is 472 g/mol. The fourth-order valence-corrected chi connectivity index (χ4v) is 4.48. The first-order chi connectivity index (χ1) is 15.3. The summed E-state index contributed by atoms with van der Waals surface area (Å²) in [5, 5.41) is 12.3. The van der Waals surface area contributed by atoms with E-state index in [9.17, 15) is 18.0 Å². The van der Waals surface area contributed by atoms with E-state index < -0.39 is 12.1 Å². The van der Waals surface area contributed by atoms with Crippen molar-refractivity contribution >= 4 is 29.0 Å². The van der Waals surface area contributed by atoms with Crippen LogP contribution in [-0.2, 0) is 20.9 Å². The first-order valence-corrected chi connectivity index (χ1v) is 10.9. The molecular formula is C20H23F3N4O4S. The number of aliphatic carboxylic acids is 1. The van der Waals surface area contributed by atoms with E-state index >= 15 is 0 Å². The van der Waals surface area contributed by atoms with Gasteiger partial charge in [-0.05, 0) is 30.4 Å². The van der Waals surface area contributed by atoms with Crippen LogP contribution in [0.4, 0.5) is 19.0 Å². The van der Waals surface area contributed by atoms with Crippen molar-refractivity contribution in [1.82, 2.24) is 15.3 Å². The van der Waals surface area contributed by atoms with Crippen LogP contribution >= 0.6 is 11.3 Å². The quantitative estimate of drug-likeness (QED) is 0.705. The molecule has 0 radical (unpaired) electrons. The summed E-state index contributed by atoms with van der Waals surface area (Å²) in [6.45, 7) is 2.99. The number of amides is 1. The highest BCUT2D eigenvalue weighted by Gasteiger charge is 2.42. The fourth-order valence-electron chi connectivity index (χ4n) is 3.84. The molecule has 2 aliphatic heterocycles. The lowest BCUT2D eigenvalue weighted by Crippen LogP contribution is -2.53. The van der Waals surface area contributed by atoms with Crippen molar-refractivity contribution in [3.05, 3.63) is 41.0 Å². The number of thiophene rings is 1. The van der Waals surface area contributed by atoms with Crippen LogP contribution in [0.3, 0.4) is 0 Å². The van der Waals surface area contributed by atoms with E-state index in [1.54, 1.807) is 23.9 Å². The van der Waals surface area contributed by atoms with Crippen LogP contribution in [-0.4, -0.2) is 58.9 Å².